The van der Waals surface area contributed by atoms with Crippen molar-refractivity contribution in [1.29, 1.82) is 0 Å². The largest absolute Gasteiger partial charge is 0.465 e. The van der Waals surface area contributed by atoms with Crippen molar-refractivity contribution in [2.45, 2.75) is 13.3 Å². The van der Waals surface area contributed by atoms with Gasteiger partial charge in [0.15, 0.2) is 0 Å². The summed E-state index contributed by atoms with van der Waals surface area (Å²) in [6.45, 7) is 2.14. The molecule has 14 heavy (non-hydrogen) atoms. The molecule has 0 amide bonds. The number of hydrogen-bond donors (Lipinski definition) is 1. The summed E-state index contributed by atoms with van der Waals surface area (Å²) in [5, 5.41) is 8.12. The number of H-pyrrole nitrogens is 1. The first-order chi connectivity index (χ1) is 6.85. The van der Waals surface area contributed by atoms with E-state index in [1.165, 1.54) is 5.56 Å². The van der Waals surface area contributed by atoms with Gasteiger partial charge in [0.05, 0.1) is 10.9 Å². The van der Waals surface area contributed by atoms with Gasteiger partial charge in [-0.2, -0.15) is 0 Å². The summed E-state index contributed by atoms with van der Waals surface area (Å²) in [4.78, 5) is 0. The van der Waals surface area contributed by atoms with Crippen LogP contribution in [-0.2, 0) is 6.42 Å². The van der Waals surface area contributed by atoms with Crippen molar-refractivity contribution in [3.05, 3.63) is 23.8 Å². The summed E-state index contributed by atoms with van der Waals surface area (Å²) in [6, 6.07) is 6.27. The lowest BCUT2D eigenvalue weighted by Gasteiger charge is -1.98. The molecule has 1 aromatic carbocycles. The summed E-state index contributed by atoms with van der Waals surface area (Å²) in [5.74, 6) is 0.699. The van der Waals surface area contributed by atoms with E-state index in [1.807, 2.05) is 6.07 Å². The number of benzene rings is 1. The highest BCUT2D eigenvalue weighted by atomic mass is 127. The highest BCUT2D eigenvalue weighted by Gasteiger charge is 2.06. The molecule has 0 fully saturated rings. The fraction of sp³-hybridized carbons (Fsp3) is 0.300. The maximum Gasteiger partial charge on any atom is 0.241 e. The zero-order valence-electron chi connectivity index (χ0n) is 7.88. The molecule has 3 nitrogen and oxygen atoms in total. The minimum absolute atomic E-state index is 0.619. The highest BCUT2D eigenvalue weighted by Crippen LogP contribution is 2.24. The van der Waals surface area contributed by atoms with Crippen molar-refractivity contribution in [3.8, 4) is 5.88 Å². The van der Waals surface area contributed by atoms with Gasteiger partial charge in [-0.25, -0.2) is 0 Å². The molecular formula is C10H11IN2O. The molecular weight excluding hydrogens is 291 g/mol. The number of nitrogens with zero attached hydrogens (tertiary/aromatic N) is 1. The van der Waals surface area contributed by atoms with Crippen LogP contribution in [0.25, 0.3) is 10.9 Å². The lowest BCUT2D eigenvalue weighted by atomic mass is 10.1. The molecule has 0 saturated carbocycles. The fourth-order valence-corrected chi connectivity index (χ4v) is 1.71. The van der Waals surface area contributed by atoms with Crippen LogP contribution in [0.1, 0.15) is 12.5 Å². The van der Waals surface area contributed by atoms with E-state index >= 15 is 0 Å². The van der Waals surface area contributed by atoms with E-state index in [2.05, 4.69) is 51.8 Å². The summed E-state index contributed by atoms with van der Waals surface area (Å²) >= 11 is 2.16. The average Bonchev–Trinajstić information content (AvgIpc) is 2.61. The smallest absolute Gasteiger partial charge is 0.241 e. The molecule has 0 spiro atoms. The van der Waals surface area contributed by atoms with Crippen molar-refractivity contribution in [2.75, 3.05) is 4.61 Å². The van der Waals surface area contributed by atoms with Crippen LogP contribution in [0.15, 0.2) is 18.2 Å². The second kappa shape index (κ2) is 4.16. The Hall–Kier alpha value is -0.780. The highest BCUT2D eigenvalue weighted by molar-refractivity contribution is 14.1. The van der Waals surface area contributed by atoms with Crippen molar-refractivity contribution in [3.63, 3.8) is 0 Å². The Kier molecular flexibility index (Phi) is 2.90. The normalized spacial score (nSPS) is 10.7. The number of rotatable bonds is 3. The molecule has 1 aromatic heterocycles. The van der Waals surface area contributed by atoms with Crippen molar-refractivity contribution < 1.29 is 4.74 Å². The Labute approximate surface area is 96.0 Å². The Bertz CT molecular complexity index is 439. The molecule has 2 aromatic rings. The van der Waals surface area contributed by atoms with Gasteiger partial charge in [0, 0.05) is 0 Å². The van der Waals surface area contributed by atoms with Crippen LogP contribution in [0.2, 0.25) is 0 Å². The number of nitrogens with one attached hydrogen (secondary N) is 1. The lowest BCUT2D eigenvalue weighted by molar-refractivity contribution is 0.391. The van der Waals surface area contributed by atoms with Crippen LogP contribution in [-0.4, -0.2) is 14.8 Å². The van der Waals surface area contributed by atoms with E-state index in [0.717, 1.165) is 17.3 Å². The number of ether oxygens (including phenoxy) is 1. The van der Waals surface area contributed by atoms with Crippen LogP contribution in [0.3, 0.4) is 0 Å². The third-order valence-corrected chi connectivity index (χ3v) is 2.50. The van der Waals surface area contributed by atoms with E-state index in [1.54, 1.807) is 0 Å². The minimum atomic E-state index is 0.619. The van der Waals surface area contributed by atoms with Gasteiger partial charge in [-0.15, -0.1) is 5.10 Å². The van der Waals surface area contributed by atoms with Gasteiger partial charge >= 0.3 is 0 Å². The number of aromatic nitrogens is 2. The third-order valence-electron chi connectivity index (χ3n) is 2.19. The predicted molar refractivity (Wildman–Crippen MR) is 65.0 cm³/mol. The molecule has 1 heterocycles. The zero-order valence-corrected chi connectivity index (χ0v) is 10.0. The van der Waals surface area contributed by atoms with Crippen LogP contribution in [0.5, 0.6) is 5.88 Å². The summed E-state index contributed by atoms with van der Waals surface area (Å²) in [5.41, 5.74) is 2.33. The molecule has 0 radical (unpaired) electrons. The van der Waals surface area contributed by atoms with E-state index in [9.17, 15) is 0 Å². The predicted octanol–water partition coefficient (Wildman–Crippen LogP) is 2.90. The van der Waals surface area contributed by atoms with Crippen molar-refractivity contribution in [2.24, 2.45) is 0 Å². The Morgan fingerprint density at radius 2 is 2.36 bits per heavy atom. The van der Waals surface area contributed by atoms with Gasteiger partial charge in [0.1, 0.15) is 4.61 Å². The lowest BCUT2D eigenvalue weighted by Crippen LogP contribution is -1.88. The molecule has 0 bridgehead atoms. The molecule has 0 aliphatic carbocycles. The topological polar surface area (TPSA) is 37.9 Å². The number of aromatic amines is 1. The molecule has 0 unspecified atom stereocenters. The van der Waals surface area contributed by atoms with Gasteiger partial charge in [-0.05, 0) is 46.7 Å². The first kappa shape index (κ1) is 9.76. The quantitative estimate of drug-likeness (QED) is 0.699. The monoisotopic (exact) mass is 302 g/mol. The molecule has 2 rings (SSSR count). The first-order valence-corrected chi connectivity index (χ1v) is 6.03. The first-order valence-electron chi connectivity index (χ1n) is 4.51. The zero-order chi connectivity index (χ0) is 9.97. The number of fused-ring (bicyclic) bond motifs is 1. The van der Waals surface area contributed by atoms with Crippen molar-refractivity contribution >= 4 is 33.5 Å². The standard InChI is InChI=1S/C10H11IN2O/c1-2-7-3-4-9-8(5-7)10(13-12-9)14-6-11/h3-5H,2,6H2,1H3,(H,12,13). The SMILES string of the molecule is CCc1ccc2[nH]nc(OCI)c2c1. The van der Waals surface area contributed by atoms with E-state index in [4.69, 9.17) is 4.74 Å². The second-order valence-corrected chi connectivity index (χ2v) is 3.64. The average molecular weight is 302 g/mol. The fourth-order valence-electron chi connectivity index (χ4n) is 1.42. The second-order valence-electron chi connectivity index (χ2n) is 3.02. The van der Waals surface area contributed by atoms with E-state index in [-0.39, 0.29) is 0 Å². The van der Waals surface area contributed by atoms with E-state index in [0.29, 0.717) is 10.5 Å². The molecule has 74 valence electrons. The van der Waals surface area contributed by atoms with Gasteiger partial charge in [-0.3, -0.25) is 5.10 Å². The van der Waals surface area contributed by atoms with Gasteiger partial charge in [0.25, 0.3) is 0 Å². The molecule has 0 aliphatic rings. The number of alkyl halides is 1. The van der Waals surface area contributed by atoms with E-state index < -0.39 is 0 Å². The summed E-state index contributed by atoms with van der Waals surface area (Å²) in [6.07, 6.45) is 1.03. The number of hydrogen-bond acceptors (Lipinski definition) is 2. The molecule has 0 atom stereocenters. The minimum Gasteiger partial charge on any atom is -0.465 e. The van der Waals surface area contributed by atoms with Crippen LogP contribution >= 0.6 is 22.6 Å². The van der Waals surface area contributed by atoms with Crippen LogP contribution in [0, 0.1) is 0 Å². The summed E-state index contributed by atoms with van der Waals surface area (Å²) in [7, 11) is 0. The Morgan fingerprint density at radius 1 is 1.50 bits per heavy atom. The van der Waals surface area contributed by atoms with Gasteiger partial charge in [-0.1, -0.05) is 13.0 Å². The summed E-state index contributed by atoms with van der Waals surface area (Å²) < 4.78 is 6.02. The maximum absolute atomic E-state index is 5.40. The molecule has 1 N–H and O–H groups in total. The molecule has 0 saturated heterocycles. The number of halogens is 1. The number of aryl methyl sites for hydroxylation is 1. The van der Waals surface area contributed by atoms with Crippen molar-refractivity contribution in [1.82, 2.24) is 10.2 Å². The van der Waals surface area contributed by atoms with Crippen LogP contribution < -0.4 is 4.74 Å². The van der Waals surface area contributed by atoms with Gasteiger partial charge in [0.2, 0.25) is 5.88 Å². The molecule has 4 heteroatoms. The Morgan fingerprint density at radius 3 is 3.07 bits per heavy atom. The van der Waals surface area contributed by atoms with Crippen LogP contribution in [0.4, 0.5) is 0 Å². The third kappa shape index (κ3) is 1.70. The molecule has 0 aliphatic heterocycles. The Balaban J connectivity index is 2.52. The van der Waals surface area contributed by atoms with Gasteiger partial charge < -0.3 is 4.74 Å². The maximum atomic E-state index is 5.40.